The van der Waals surface area contributed by atoms with Gasteiger partial charge in [-0.05, 0) is 36.8 Å². The van der Waals surface area contributed by atoms with E-state index in [0.717, 1.165) is 30.9 Å². The number of halogens is 2. The summed E-state index contributed by atoms with van der Waals surface area (Å²) in [5, 5.41) is 2.14. The molecule has 4 nitrogen and oxygen atoms in total. The highest BCUT2D eigenvalue weighted by molar-refractivity contribution is 7.10. The average Bonchev–Trinajstić information content (AvgIpc) is 2.81. The van der Waals surface area contributed by atoms with Crippen LogP contribution in [0.15, 0.2) is 23.8 Å². The highest BCUT2D eigenvalue weighted by Gasteiger charge is 2.28. The molecule has 122 valence electrons. The third-order valence-electron chi connectivity index (χ3n) is 4.01. The van der Waals surface area contributed by atoms with E-state index in [1.54, 1.807) is 17.7 Å². The van der Waals surface area contributed by atoms with E-state index >= 15 is 0 Å². The van der Waals surface area contributed by atoms with Gasteiger partial charge in [0.1, 0.15) is 12.1 Å². The first kappa shape index (κ1) is 19.2. The van der Waals surface area contributed by atoms with Gasteiger partial charge in [0.15, 0.2) is 0 Å². The average molecular weight is 361 g/mol. The first-order valence-electron chi connectivity index (χ1n) is 6.95. The van der Waals surface area contributed by atoms with Crippen molar-refractivity contribution in [1.82, 2.24) is 9.97 Å². The van der Waals surface area contributed by atoms with Crippen molar-refractivity contribution in [3.8, 4) is 0 Å². The summed E-state index contributed by atoms with van der Waals surface area (Å²) >= 11 is 1.80. The molecule has 1 aliphatic rings. The lowest BCUT2D eigenvalue weighted by atomic mass is 9.78. The Balaban J connectivity index is 0.00000121. The molecule has 2 aromatic heterocycles. The second kappa shape index (κ2) is 8.11. The third kappa shape index (κ3) is 4.10. The first-order chi connectivity index (χ1) is 9.63. The van der Waals surface area contributed by atoms with E-state index in [2.05, 4.69) is 46.4 Å². The number of rotatable bonds is 4. The molecular weight excluding hydrogens is 339 g/mol. The lowest BCUT2D eigenvalue weighted by Gasteiger charge is -2.32. The smallest absolute Gasteiger partial charge is 0.132 e. The fraction of sp³-hybridized carbons (Fsp3) is 0.467. The first-order valence-corrected chi connectivity index (χ1v) is 7.83. The Morgan fingerprint density at radius 1 is 1.32 bits per heavy atom. The van der Waals surface area contributed by atoms with Crippen molar-refractivity contribution in [3.63, 3.8) is 0 Å². The summed E-state index contributed by atoms with van der Waals surface area (Å²) in [7, 11) is 2.08. The molecule has 0 radical (unpaired) electrons. The van der Waals surface area contributed by atoms with Crippen LogP contribution in [0.2, 0.25) is 0 Å². The van der Waals surface area contributed by atoms with Crippen molar-refractivity contribution in [2.24, 2.45) is 5.73 Å². The Bertz CT molecular complexity index is 599. The second-order valence-electron chi connectivity index (χ2n) is 5.61. The van der Waals surface area contributed by atoms with Gasteiger partial charge in [0.25, 0.3) is 0 Å². The quantitative estimate of drug-likeness (QED) is 0.905. The maximum atomic E-state index is 5.86. The Kier molecular flexibility index (Phi) is 7.06. The van der Waals surface area contributed by atoms with Gasteiger partial charge in [0.05, 0.1) is 6.54 Å². The van der Waals surface area contributed by atoms with Crippen LogP contribution in [0.1, 0.15) is 34.9 Å². The minimum Gasteiger partial charge on any atom is -0.354 e. The number of thiophene rings is 1. The number of nitrogens with zero attached hydrogens (tertiary/aromatic N) is 3. The number of anilines is 1. The van der Waals surface area contributed by atoms with Gasteiger partial charge in [-0.2, -0.15) is 0 Å². The summed E-state index contributed by atoms with van der Waals surface area (Å²) in [4.78, 5) is 12.4. The topological polar surface area (TPSA) is 55.0 Å². The standard InChI is InChI=1S/C15H20N4S.2ClH/c1-10-3-4-20-14(10)8-19(2)15-7-13(17-9-18-15)11-5-12(16)6-11;;/h3-4,7,9,11-12H,5-6,8,16H2,1-2H3;2*1H. The predicted octanol–water partition coefficient (Wildman–Crippen LogP) is 3.53. The van der Waals surface area contributed by atoms with Crippen LogP contribution in [0, 0.1) is 6.92 Å². The molecule has 0 saturated heterocycles. The van der Waals surface area contributed by atoms with Gasteiger partial charge in [0, 0.05) is 35.6 Å². The van der Waals surface area contributed by atoms with Crippen LogP contribution in [-0.2, 0) is 6.54 Å². The van der Waals surface area contributed by atoms with Gasteiger partial charge in [0.2, 0.25) is 0 Å². The monoisotopic (exact) mass is 360 g/mol. The van der Waals surface area contributed by atoms with Gasteiger partial charge in [-0.25, -0.2) is 9.97 Å². The number of aryl methyl sites for hydroxylation is 1. The predicted molar refractivity (Wildman–Crippen MR) is 97.6 cm³/mol. The summed E-state index contributed by atoms with van der Waals surface area (Å²) in [5.74, 6) is 1.51. The van der Waals surface area contributed by atoms with Crippen LogP contribution in [0.5, 0.6) is 0 Å². The van der Waals surface area contributed by atoms with E-state index in [1.165, 1.54) is 10.4 Å². The molecule has 7 heteroatoms. The lowest BCUT2D eigenvalue weighted by Crippen LogP contribution is -2.35. The maximum absolute atomic E-state index is 5.86. The number of nitrogens with two attached hydrogens (primary N) is 1. The molecule has 1 aliphatic carbocycles. The molecule has 2 aromatic rings. The number of hydrogen-bond donors (Lipinski definition) is 1. The zero-order chi connectivity index (χ0) is 14.1. The molecule has 0 amide bonds. The van der Waals surface area contributed by atoms with Crippen LogP contribution in [0.25, 0.3) is 0 Å². The van der Waals surface area contributed by atoms with Crippen LogP contribution in [-0.4, -0.2) is 23.1 Å². The van der Waals surface area contributed by atoms with Crippen LogP contribution in [0.3, 0.4) is 0 Å². The molecule has 0 unspecified atom stereocenters. The maximum Gasteiger partial charge on any atom is 0.132 e. The molecule has 1 saturated carbocycles. The van der Waals surface area contributed by atoms with Gasteiger partial charge in [-0.1, -0.05) is 0 Å². The van der Waals surface area contributed by atoms with Crippen molar-refractivity contribution in [2.45, 2.75) is 38.3 Å². The minimum absolute atomic E-state index is 0. The SMILES string of the molecule is Cc1ccsc1CN(C)c1cc(C2CC(N)C2)ncn1.Cl.Cl. The normalized spacial score (nSPS) is 19.6. The van der Waals surface area contributed by atoms with E-state index < -0.39 is 0 Å². The molecule has 2 N–H and O–H groups in total. The molecule has 0 spiro atoms. The van der Waals surface area contributed by atoms with E-state index in [-0.39, 0.29) is 24.8 Å². The second-order valence-corrected chi connectivity index (χ2v) is 6.61. The van der Waals surface area contributed by atoms with Gasteiger partial charge in [-0.3, -0.25) is 0 Å². The largest absolute Gasteiger partial charge is 0.354 e. The van der Waals surface area contributed by atoms with Crippen LogP contribution >= 0.6 is 36.2 Å². The molecule has 22 heavy (non-hydrogen) atoms. The Morgan fingerprint density at radius 2 is 2.05 bits per heavy atom. The van der Waals surface area contributed by atoms with Crippen molar-refractivity contribution in [3.05, 3.63) is 40.0 Å². The Morgan fingerprint density at radius 3 is 2.64 bits per heavy atom. The molecule has 0 aliphatic heterocycles. The Hall–Kier alpha value is -0.880. The highest BCUT2D eigenvalue weighted by Crippen LogP contribution is 2.35. The summed E-state index contributed by atoms with van der Waals surface area (Å²) in [6.07, 6.45) is 3.76. The summed E-state index contributed by atoms with van der Waals surface area (Å²) in [6.45, 7) is 3.05. The fourth-order valence-corrected chi connectivity index (χ4v) is 3.52. The van der Waals surface area contributed by atoms with E-state index in [0.29, 0.717) is 12.0 Å². The van der Waals surface area contributed by atoms with Gasteiger partial charge < -0.3 is 10.6 Å². The van der Waals surface area contributed by atoms with E-state index in [1.807, 2.05) is 0 Å². The third-order valence-corrected chi connectivity index (χ3v) is 5.01. The van der Waals surface area contributed by atoms with Gasteiger partial charge >= 0.3 is 0 Å². The zero-order valence-electron chi connectivity index (χ0n) is 12.7. The number of hydrogen-bond acceptors (Lipinski definition) is 5. The molecule has 0 bridgehead atoms. The van der Waals surface area contributed by atoms with Crippen LogP contribution in [0.4, 0.5) is 5.82 Å². The fourth-order valence-electron chi connectivity index (χ4n) is 2.56. The molecule has 1 fully saturated rings. The van der Waals surface area contributed by atoms with Crippen molar-refractivity contribution in [1.29, 1.82) is 0 Å². The summed E-state index contributed by atoms with van der Waals surface area (Å²) in [5.41, 5.74) is 8.34. The van der Waals surface area contributed by atoms with Crippen molar-refractivity contribution >= 4 is 42.0 Å². The van der Waals surface area contributed by atoms with E-state index in [4.69, 9.17) is 5.73 Å². The zero-order valence-corrected chi connectivity index (χ0v) is 15.2. The van der Waals surface area contributed by atoms with E-state index in [9.17, 15) is 0 Å². The highest BCUT2D eigenvalue weighted by atomic mass is 35.5. The molecular formula is C15H22Cl2N4S. The molecule has 2 heterocycles. The number of aromatic nitrogens is 2. The molecule has 3 rings (SSSR count). The summed E-state index contributed by atoms with van der Waals surface area (Å²) in [6, 6.07) is 4.62. The summed E-state index contributed by atoms with van der Waals surface area (Å²) < 4.78 is 0. The van der Waals surface area contributed by atoms with Gasteiger partial charge in [-0.15, -0.1) is 36.2 Å². The van der Waals surface area contributed by atoms with Crippen molar-refractivity contribution < 1.29 is 0 Å². The Labute approximate surface area is 148 Å². The molecule has 0 atom stereocenters. The van der Waals surface area contributed by atoms with Crippen molar-refractivity contribution in [2.75, 3.05) is 11.9 Å². The lowest BCUT2D eigenvalue weighted by molar-refractivity contribution is 0.345. The van der Waals surface area contributed by atoms with Crippen LogP contribution < -0.4 is 10.6 Å². The molecule has 0 aromatic carbocycles. The minimum atomic E-state index is 0.